The number of halogens is 1. The summed E-state index contributed by atoms with van der Waals surface area (Å²) in [6.07, 6.45) is 6.55. The Kier molecular flexibility index (Phi) is 8.99. The molecule has 2 saturated heterocycles. The number of piperazine rings is 1. The average Bonchev–Trinajstić information content (AvgIpc) is 3.41. The van der Waals surface area contributed by atoms with Gasteiger partial charge in [0.1, 0.15) is 29.6 Å². The van der Waals surface area contributed by atoms with Crippen molar-refractivity contribution in [2.24, 2.45) is 7.05 Å². The second-order valence-electron chi connectivity index (χ2n) is 14.0. The van der Waals surface area contributed by atoms with Gasteiger partial charge in [-0.1, -0.05) is 0 Å². The molecule has 7 heterocycles. The van der Waals surface area contributed by atoms with Crippen LogP contribution in [0.5, 0.6) is 0 Å². The Morgan fingerprint density at radius 3 is 2.63 bits per heavy atom. The second-order valence-corrected chi connectivity index (χ2v) is 14.0. The van der Waals surface area contributed by atoms with Gasteiger partial charge in [0.2, 0.25) is 0 Å². The minimum atomic E-state index is -0.521. The number of aryl methyl sites for hydroxylation is 1. The van der Waals surface area contributed by atoms with E-state index >= 15 is 4.39 Å². The molecule has 14 nitrogen and oxygen atoms in total. The largest absolute Gasteiger partial charge is 0.461 e. The number of carbonyl (C=O) groups excluding carboxylic acids is 2. The maximum absolute atomic E-state index is 15.7. The van der Waals surface area contributed by atoms with Crippen LogP contribution in [0.25, 0.3) is 11.3 Å². The standard InChI is InChI=1S/C37H42FN9O5/c1-22-18-44(25-19-51-20-25)12-13-45(22)24-8-9-32(40-17-24)41-30-16-29(42-43(3)36(30)49)26-10-11-39-35(28(26)21-52-23(2)48)47-15-14-46-31-7-5-4-6-27(31)33(38)34(46)37(47)50/h8-11,16-17,22,25H,4-7,12-15,18-21H2,1-3H3,(H,40,41). The molecule has 272 valence electrons. The van der Waals surface area contributed by atoms with Crippen molar-refractivity contribution in [1.82, 2.24) is 29.2 Å². The van der Waals surface area contributed by atoms with Crippen molar-refractivity contribution in [3.63, 3.8) is 0 Å². The number of nitrogens with zero attached hydrogens (tertiary/aromatic N) is 8. The number of carbonyl (C=O) groups is 2. The first kappa shape index (κ1) is 34.0. The summed E-state index contributed by atoms with van der Waals surface area (Å²) in [7, 11) is 1.55. The number of amides is 1. The van der Waals surface area contributed by atoms with E-state index in [-0.39, 0.29) is 35.9 Å². The summed E-state index contributed by atoms with van der Waals surface area (Å²) in [5, 5.41) is 7.70. The smallest absolute Gasteiger partial charge is 0.302 e. The first-order valence-electron chi connectivity index (χ1n) is 17.9. The molecule has 1 N–H and O–H groups in total. The van der Waals surface area contributed by atoms with Gasteiger partial charge in [-0.25, -0.2) is 19.0 Å². The second kappa shape index (κ2) is 13.8. The maximum atomic E-state index is 15.7. The molecule has 2 fully saturated rings. The molecule has 0 spiro atoms. The molecule has 4 aromatic heterocycles. The first-order valence-corrected chi connectivity index (χ1v) is 17.9. The van der Waals surface area contributed by atoms with Crippen LogP contribution in [0.15, 0.2) is 41.5 Å². The van der Waals surface area contributed by atoms with Gasteiger partial charge in [-0.15, -0.1) is 0 Å². The fourth-order valence-electron chi connectivity index (χ4n) is 7.91. The molecule has 3 aliphatic heterocycles. The van der Waals surface area contributed by atoms with E-state index in [1.165, 1.54) is 22.7 Å². The molecule has 4 aliphatic rings. The van der Waals surface area contributed by atoms with Gasteiger partial charge in [0.25, 0.3) is 11.5 Å². The van der Waals surface area contributed by atoms with Gasteiger partial charge in [-0.3, -0.25) is 24.2 Å². The highest BCUT2D eigenvalue weighted by atomic mass is 19.1. The van der Waals surface area contributed by atoms with Gasteiger partial charge in [0.15, 0.2) is 5.82 Å². The SMILES string of the molecule is CC(=O)OCc1c(-c2cc(Nc3ccc(N4CCN(C5COC5)CC4C)cn3)c(=O)n(C)n2)ccnc1N1CCn2c3c(c(F)c2C1=O)CCCC3. The quantitative estimate of drug-likeness (QED) is 0.269. The van der Waals surface area contributed by atoms with E-state index in [1.54, 1.807) is 19.2 Å². The summed E-state index contributed by atoms with van der Waals surface area (Å²) in [6.45, 7) is 8.37. The number of esters is 1. The van der Waals surface area contributed by atoms with Crippen molar-refractivity contribution in [1.29, 1.82) is 0 Å². The molecule has 8 rings (SSSR count). The van der Waals surface area contributed by atoms with E-state index in [0.29, 0.717) is 53.3 Å². The summed E-state index contributed by atoms with van der Waals surface area (Å²) in [5.41, 5.74) is 3.72. The Hall–Kier alpha value is -5.15. The highest BCUT2D eigenvalue weighted by Gasteiger charge is 2.37. The van der Waals surface area contributed by atoms with Crippen molar-refractivity contribution in [3.05, 3.63) is 75.3 Å². The lowest BCUT2D eigenvalue weighted by Gasteiger charge is -2.46. The van der Waals surface area contributed by atoms with Crippen molar-refractivity contribution < 1.29 is 23.5 Å². The number of hydrogen-bond donors (Lipinski definition) is 1. The lowest BCUT2D eigenvalue weighted by atomic mass is 9.97. The normalized spacial score (nSPS) is 19.2. The summed E-state index contributed by atoms with van der Waals surface area (Å²) in [4.78, 5) is 54.8. The Labute approximate surface area is 300 Å². The fourth-order valence-corrected chi connectivity index (χ4v) is 7.91. The highest BCUT2D eigenvalue weighted by Crippen LogP contribution is 2.36. The summed E-state index contributed by atoms with van der Waals surface area (Å²) < 4.78 is 29.6. The molecule has 15 heteroatoms. The van der Waals surface area contributed by atoms with Gasteiger partial charge in [0.05, 0.1) is 36.8 Å². The zero-order valence-corrected chi connectivity index (χ0v) is 29.6. The zero-order valence-electron chi connectivity index (χ0n) is 29.6. The van der Waals surface area contributed by atoms with Crippen LogP contribution < -0.4 is 20.7 Å². The molecule has 52 heavy (non-hydrogen) atoms. The molecule has 0 aromatic carbocycles. The predicted molar refractivity (Wildman–Crippen MR) is 191 cm³/mol. The van der Waals surface area contributed by atoms with Crippen LogP contribution in [-0.2, 0) is 47.3 Å². The van der Waals surface area contributed by atoms with E-state index in [2.05, 4.69) is 37.1 Å². The Morgan fingerprint density at radius 2 is 1.90 bits per heavy atom. The highest BCUT2D eigenvalue weighted by molar-refractivity contribution is 6.06. The van der Waals surface area contributed by atoms with Crippen LogP contribution in [0.1, 0.15) is 54.0 Å². The number of aromatic nitrogens is 5. The molecule has 0 saturated carbocycles. The van der Waals surface area contributed by atoms with Gasteiger partial charge >= 0.3 is 5.97 Å². The number of ether oxygens (including phenoxy) is 2. The number of nitrogens with one attached hydrogen (secondary N) is 1. The molecule has 1 aliphatic carbocycles. The third-order valence-electron chi connectivity index (χ3n) is 10.7. The number of pyridine rings is 2. The third-order valence-corrected chi connectivity index (χ3v) is 10.7. The number of fused-ring (bicyclic) bond motifs is 3. The summed E-state index contributed by atoms with van der Waals surface area (Å²) >= 11 is 0. The van der Waals surface area contributed by atoms with Crippen LogP contribution in [-0.4, -0.2) is 92.6 Å². The molecule has 1 amide bonds. The molecular weight excluding hydrogens is 669 g/mol. The molecule has 4 aromatic rings. The van der Waals surface area contributed by atoms with Gasteiger partial charge < -0.3 is 24.3 Å². The topological polar surface area (TPSA) is 140 Å². The number of rotatable bonds is 8. The summed E-state index contributed by atoms with van der Waals surface area (Å²) in [5.74, 6) is -0.754. The van der Waals surface area contributed by atoms with Crippen LogP contribution >= 0.6 is 0 Å². The molecule has 0 bridgehead atoms. The van der Waals surface area contributed by atoms with Crippen LogP contribution in [0.4, 0.5) is 27.4 Å². The molecular formula is C37H42FN9O5. The lowest BCUT2D eigenvalue weighted by Crippen LogP contribution is -2.59. The van der Waals surface area contributed by atoms with Gasteiger partial charge in [0, 0.05) is 81.3 Å². The van der Waals surface area contributed by atoms with Crippen molar-refractivity contribution in [2.75, 3.05) is 54.5 Å². The van der Waals surface area contributed by atoms with Gasteiger partial charge in [-0.2, -0.15) is 5.10 Å². The zero-order chi connectivity index (χ0) is 36.1. The maximum Gasteiger partial charge on any atom is 0.302 e. The minimum absolute atomic E-state index is 0.0366. The Bertz CT molecular complexity index is 2090. The predicted octanol–water partition coefficient (Wildman–Crippen LogP) is 3.43. The lowest BCUT2D eigenvalue weighted by molar-refractivity contribution is -0.142. The monoisotopic (exact) mass is 711 g/mol. The molecule has 1 unspecified atom stereocenters. The van der Waals surface area contributed by atoms with Crippen molar-refractivity contribution in [2.45, 2.75) is 64.8 Å². The van der Waals surface area contributed by atoms with Crippen LogP contribution in [0.2, 0.25) is 0 Å². The Balaban J connectivity index is 1.08. The number of anilines is 4. The van der Waals surface area contributed by atoms with Crippen LogP contribution in [0, 0.1) is 5.82 Å². The third kappa shape index (κ3) is 6.11. The van der Waals surface area contributed by atoms with E-state index in [4.69, 9.17) is 9.47 Å². The van der Waals surface area contributed by atoms with E-state index in [0.717, 1.165) is 63.5 Å². The average molecular weight is 712 g/mol. The molecule has 0 radical (unpaired) electrons. The minimum Gasteiger partial charge on any atom is -0.461 e. The number of hydrogen-bond acceptors (Lipinski definition) is 11. The van der Waals surface area contributed by atoms with Crippen LogP contribution in [0.3, 0.4) is 0 Å². The van der Waals surface area contributed by atoms with E-state index in [9.17, 15) is 14.4 Å². The van der Waals surface area contributed by atoms with Crippen molar-refractivity contribution >= 4 is 34.9 Å². The molecule has 1 atom stereocenters. The Morgan fingerprint density at radius 1 is 1.08 bits per heavy atom. The first-order chi connectivity index (χ1) is 25.2. The fraction of sp³-hybridized carbons (Fsp3) is 0.459. The van der Waals surface area contributed by atoms with Crippen molar-refractivity contribution in [3.8, 4) is 11.3 Å². The van der Waals surface area contributed by atoms with E-state index < -0.39 is 17.7 Å². The van der Waals surface area contributed by atoms with E-state index in [1.807, 2.05) is 22.9 Å². The summed E-state index contributed by atoms with van der Waals surface area (Å²) in [6, 6.07) is 7.97. The van der Waals surface area contributed by atoms with Gasteiger partial charge in [-0.05, 0) is 56.9 Å².